The molecule has 120 valence electrons. The summed E-state index contributed by atoms with van der Waals surface area (Å²) in [6.07, 6.45) is 2.87. The van der Waals surface area contributed by atoms with Crippen LogP contribution in [0.4, 0.5) is 0 Å². The van der Waals surface area contributed by atoms with Gasteiger partial charge >= 0.3 is 0 Å². The Hall–Kier alpha value is -1.69. The molecule has 1 amide bonds. The van der Waals surface area contributed by atoms with E-state index in [0.29, 0.717) is 41.1 Å². The Balaban J connectivity index is 1.76. The van der Waals surface area contributed by atoms with Crippen molar-refractivity contribution in [3.63, 3.8) is 0 Å². The van der Waals surface area contributed by atoms with Crippen molar-refractivity contribution in [1.82, 2.24) is 14.9 Å². The number of halogens is 2. The minimum atomic E-state index is -0.228. The lowest BCUT2D eigenvalue weighted by Gasteiger charge is -2.33. The van der Waals surface area contributed by atoms with E-state index in [-0.39, 0.29) is 12.0 Å². The molecule has 0 bridgehead atoms. The first-order valence-electron chi connectivity index (χ1n) is 7.19. The number of hydrogen-bond acceptors (Lipinski definition) is 4. The summed E-state index contributed by atoms with van der Waals surface area (Å²) in [5, 5.41) is 0.971. The quantitative estimate of drug-likeness (QED) is 0.832. The molecule has 23 heavy (non-hydrogen) atoms. The second-order valence-electron chi connectivity index (χ2n) is 5.30. The lowest BCUT2D eigenvalue weighted by atomic mass is 10.1. The van der Waals surface area contributed by atoms with E-state index in [0.717, 1.165) is 5.56 Å². The molecule has 0 saturated carbocycles. The molecule has 0 unspecified atom stereocenters. The molecule has 0 radical (unpaired) electrons. The molecule has 0 spiro atoms. The Kier molecular flexibility index (Phi) is 4.80. The number of carbonyl (C=O) groups excluding carboxylic acids is 1. The molecule has 1 fully saturated rings. The fraction of sp³-hybridized carbons (Fsp3) is 0.312. The Labute approximate surface area is 144 Å². The normalized spacial score (nSPS) is 18.0. The van der Waals surface area contributed by atoms with Crippen LogP contribution in [-0.2, 0) is 4.74 Å². The highest BCUT2D eigenvalue weighted by Crippen LogP contribution is 2.29. The van der Waals surface area contributed by atoms with Crippen molar-refractivity contribution in [3.8, 4) is 0 Å². The van der Waals surface area contributed by atoms with E-state index in [9.17, 15) is 4.79 Å². The lowest BCUT2D eigenvalue weighted by Crippen LogP contribution is -2.42. The van der Waals surface area contributed by atoms with E-state index in [4.69, 9.17) is 27.9 Å². The Morgan fingerprint density at radius 2 is 2.00 bits per heavy atom. The number of ether oxygens (including phenoxy) is 1. The van der Waals surface area contributed by atoms with Gasteiger partial charge in [-0.2, -0.15) is 0 Å². The number of benzene rings is 1. The zero-order valence-corrected chi connectivity index (χ0v) is 14.0. The van der Waals surface area contributed by atoms with Gasteiger partial charge in [-0.25, -0.2) is 9.97 Å². The minimum absolute atomic E-state index is 0.0987. The van der Waals surface area contributed by atoms with E-state index >= 15 is 0 Å². The maximum atomic E-state index is 12.6. The summed E-state index contributed by atoms with van der Waals surface area (Å²) in [4.78, 5) is 22.4. The Morgan fingerprint density at radius 1 is 1.26 bits per heavy atom. The molecule has 2 heterocycles. The van der Waals surface area contributed by atoms with Crippen LogP contribution < -0.4 is 0 Å². The van der Waals surface area contributed by atoms with Crippen LogP contribution in [0.15, 0.2) is 30.6 Å². The predicted molar refractivity (Wildman–Crippen MR) is 87.8 cm³/mol. The van der Waals surface area contributed by atoms with Crippen LogP contribution in [0, 0.1) is 6.92 Å². The number of aromatic nitrogens is 2. The molecule has 1 saturated heterocycles. The number of hydrogen-bond donors (Lipinski definition) is 0. The number of aryl methyl sites for hydroxylation is 1. The second kappa shape index (κ2) is 6.83. The fourth-order valence-electron chi connectivity index (χ4n) is 2.43. The van der Waals surface area contributed by atoms with E-state index in [2.05, 4.69) is 9.97 Å². The molecule has 1 atom stereocenters. The topological polar surface area (TPSA) is 55.3 Å². The van der Waals surface area contributed by atoms with Gasteiger partial charge in [-0.15, -0.1) is 0 Å². The van der Waals surface area contributed by atoms with Gasteiger partial charge < -0.3 is 9.64 Å². The molecule has 5 nitrogen and oxygen atoms in total. The van der Waals surface area contributed by atoms with Gasteiger partial charge in [0, 0.05) is 18.9 Å². The number of amides is 1. The van der Waals surface area contributed by atoms with Crippen molar-refractivity contribution in [2.24, 2.45) is 0 Å². The highest BCUT2D eigenvalue weighted by Gasteiger charge is 2.26. The van der Waals surface area contributed by atoms with E-state index in [1.165, 1.54) is 0 Å². The third-order valence-corrected chi connectivity index (χ3v) is 4.44. The number of nitrogens with zero attached hydrogens (tertiary/aromatic N) is 3. The predicted octanol–water partition coefficient (Wildman–Crippen LogP) is 3.31. The van der Waals surface area contributed by atoms with Crippen LogP contribution in [0.25, 0.3) is 0 Å². The average Bonchev–Trinajstić information content (AvgIpc) is 2.57. The van der Waals surface area contributed by atoms with Gasteiger partial charge in [-0.1, -0.05) is 29.3 Å². The van der Waals surface area contributed by atoms with Gasteiger partial charge in [-0.3, -0.25) is 4.79 Å². The van der Waals surface area contributed by atoms with Gasteiger partial charge in [0.2, 0.25) is 0 Å². The van der Waals surface area contributed by atoms with Crippen molar-refractivity contribution < 1.29 is 9.53 Å². The van der Waals surface area contributed by atoms with E-state index in [1.807, 2.05) is 6.07 Å². The second-order valence-corrected chi connectivity index (χ2v) is 6.12. The molecule has 1 aliphatic rings. The van der Waals surface area contributed by atoms with Gasteiger partial charge in [-0.05, 0) is 24.6 Å². The summed E-state index contributed by atoms with van der Waals surface area (Å²) in [6.45, 7) is 3.22. The fourth-order valence-corrected chi connectivity index (χ4v) is 2.74. The van der Waals surface area contributed by atoms with Gasteiger partial charge in [0.1, 0.15) is 11.9 Å². The number of rotatable bonds is 2. The maximum absolute atomic E-state index is 12.6. The standard InChI is InChI=1S/C16H15Cl2N3O2/c1-10-19-7-12(8-20-10)16(22)21-4-5-23-15(9-21)11-2-3-13(17)14(18)6-11/h2-3,6-8,15H,4-5,9H2,1H3/t15-/m1/s1. The average molecular weight is 352 g/mol. The minimum Gasteiger partial charge on any atom is -0.370 e. The van der Waals surface area contributed by atoms with Crippen molar-refractivity contribution in [1.29, 1.82) is 0 Å². The smallest absolute Gasteiger partial charge is 0.257 e. The molecule has 1 aliphatic heterocycles. The highest BCUT2D eigenvalue weighted by molar-refractivity contribution is 6.42. The van der Waals surface area contributed by atoms with Crippen LogP contribution in [0.1, 0.15) is 27.8 Å². The molecular formula is C16H15Cl2N3O2. The number of morpholine rings is 1. The SMILES string of the molecule is Cc1ncc(C(=O)N2CCO[C@@H](c3ccc(Cl)c(Cl)c3)C2)cn1. The van der Waals surface area contributed by atoms with E-state index in [1.54, 1.807) is 36.4 Å². The first kappa shape index (κ1) is 16.2. The summed E-state index contributed by atoms with van der Waals surface area (Å²) in [7, 11) is 0. The van der Waals surface area contributed by atoms with Gasteiger partial charge in [0.25, 0.3) is 5.91 Å². The highest BCUT2D eigenvalue weighted by atomic mass is 35.5. The molecule has 2 aromatic rings. The Bertz CT molecular complexity index is 722. The zero-order chi connectivity index (χ0) is 16.4. The molecule has 1 aromatic heterocycles. The van der Waals surface area contributed by atoms with Crippen molar-refractivity contribution in [2.75, 3.05) is 19.7 Å². The molecule has 0 aliphatic carbocycles. The molecule has 7 heteroatoms. The summed E-state index contributed by atoms with van der Waals surface area (Å²) in [5.74, 6) is 0.538. The van der Waals surface area contributed by atoms with Crippen molar-refractivity contribution in [2.45, 2.75) is 13.0 Å². The third kappa shape index (κ3) is 3.63. The van der Waals surface area contributed by atoms with Crippen LogP contribution in [-0.4, -0.2) is 40.5 Å². The van der Waals surface area contributed by atoms with Crippen molar-refractivity contribution in [3.05, 3.63) is 57.6 Å². The van der Waals surface area contributed by atoms with Gasteiger partial charge in [0.15, 0.2) is 0 Å². The van der Waals surface area contributed by atoms with Crippen LogP contribution in [0.2, 0.25) is 10.0 Å². The molecule has 1 aromatic carbocycles. The lowest BCUT2D eigenvalue weighted by molar-refractivity contribution is -0.0228. The van der Waals surface area contributed by atoms with Gasteiger partial charge in [0.05, 0.1) is 28.8 Å². The summed E-state index contributed by atoms with van der Waals surface area (Å²) in [6, 6.07) is 5.37. The monoisotopic (exact) mass is 351 g/mol. The third-order valence-electron chi connectivity index (χ3n) is 3.70. The zero-order valence-electron chi connectivity index (χ0n) is 12.5. The van der Waals surface area contributed by atoms with Crippen molar-refractivity contribution >= 4 is 29.1 Å². The molecule has 3 rings (SSSR count). The van der Waals surface area contributed by atoms with Crippen LogP contribution >= 0.6 is 23.2 Å². The Morgan fingerprint density at radius 3 is 2.70 bits per heavy atom. The summed E-state index contributed by atoms with van der Waals surface area (Å²) >= 11 is 12.0. The van der Waals surface area contributed by atoms with E-state index < -0.39 is 0 Å². The van der Waals surface area contributed by atoms with Crippen LogP contribution in [0.5, 0.6) is 0 Å². The first-order chi connectivity index (χ1) is 11.0. The summed E-state index contributed by atoms with van der Waals surface area (Å²) in [5.41, 5.74) is 1.38. The number of carbonyl (C=O) groups is 1. The maximum Gasteiger partial charge on any atom is 0.257 e. The van der Waals surface area contributed by atoms with Crippen LogP contribution in [0.3, 0.4) is 0 Å². The molecule has 0 N–H and O–H groups in total. The first-order valence-corrected chi connectivity index (χ1v) is 7.94. The molecular weight excluding hydrogens is 337 g/mol. The largest absolute Gasteiger partial charge is 0.370 e. The summed E-state index contributed by atoms with van der Waals surface area (Å²) < 4.78 is 5.77.